The van der Waals surface area contributed by atoms with E-state index in [-0.39, 0.29) is 18.1 Å². The van der Waals surface area contributed by atoms with Gasteiger partial charge in [-0.2, -0.15) is 0 Å². The van der Waals surface area contributed by atoms with Crippen LogP contribution in [0, 0.1) is 0 Å². The maximum Gasteiger partial charge on any atom is 0.410 e. The van der Waals surface area contributed by atoms with Crippen molar-refractivity contribution in [3.05, 3.63) is 95.6 Å². The van der Waals surface area contributed by atoms with Gasteiger partial charge >= 0.3 is 6.09 Å². The second-order valence-corrected chi connectivity index (χ2v) is 11.3. The van der Waals surface area contributed by atoms with Gasteiger partial charge in [0.15, 0.2) is 0 Å². The summed E-state index contributed by atoms with van der Waals surface area (Å²) in [5, 5.41) is 0. The van der Waals surface area contributed by atoms with E-state index in [1.165, 1.54) is 11.1 Å². The van der Waals surface area contributed by atoms with Crippen LogP contribution in [-0.2, 0) is 27.4 Å². The lowest BCUT2D eigenvalue weighted by Gasteiger charge is -2.39. The van der Waals surface area contributed by atoms with Crippen molar-refractivity contribution < 1.29 is 28.5 Å². The highest BCUT2D eigenvalue weighted by molar-refractivity contribution is 5.68. The van der Waals surface area contributed by atoms with Crippen molar-refractivity contribution in [2.24, 2.45) is 0 Å². The summed E-state index contributed by atoms with van der Waals surface area (Å²) in [6, 6.07) is 26.3. The highest BCUT2D eigenvalue weighted by atomic mass is 16.6. The second-order valence-electron chi connectivity index (χ2n) is 11.3. The molecule has 0 spiro atoms. The van der Waals surface area contributed by atoms with Crippen LogP contribution in [0.1, 0.15) is 56.2 Å². The largest absolute Gasteiger partial charge is 0.497 e. The number of benzene rings is 3. The van der Waals surface area contributed by atoms with E-state index in [1.54, 1.807) is 12.0 Å². The highest BCUT2D eigenvalue weighted by Crippen LogP contribution is 2.33. The molecule has 7 nitrogen and oxygen atoms in total. The van der Waals surface area contributed by atoms with Gasteiger partial charge in [0.25, 0.3) is 0 Å². The minimum Gasteiger partial charge on any atom is -0.497 e. The monoisotopic (exact) mass is 561 g/mol. The predicted octanol–water partition coefficient (Wildman–Crippen LogP) is 6.99. The Hall–Kier alpha value is -3.55. The standard InChI is InChI=1S/C34H43NO6/c1-34(2,3)41-33(36)35-19-18-31(32(23-35)40-25-27-12-8-13-30(22-27)37-4)28-14-16-29(17-15-28)39-21-9-20-38-24-26-10-6-5-7-11-26/h5-8,10-17,22,31-32H,9,18-21,23-25H2,1-4H3. The Bertz CT molecular complexity index is 1210. The number of rotatable bonds is 12. The quantitative estimate of drug-likeness (QED) is 0.222. The van der Waals surface area contributed by atoms with E-state index in [0.29, 0.717) is 39.5 Å². The second kappa shape index (κ2) is 14.9. The zero-order valence-electron chi connectivity index (χ0n) is 24.7. The topological polar surface area (TPSA) is 66.5 Å². The van der Waals surface area contributed by atoms with Crippen LogP contribution in [0.15, 0.2) is 78.9 Å². The third-order valence-corrected chi connectivity index (χ3v) is 6.93. The maximum atomic E-state index is 12.8. The highest BCUT2D eigenvalue weighted by Gasteiger charge is 2.35. The summed E-state index contributed by atoms with van der Waals surface area (Å²) < 4.78 is 29.2. The first-order valence-electron chi connectivity index (χ1n) is 14.4. The van der Waals surface area contributed by atoms with Crippen molar-refractivity contribution in [1.29, 1.82) is 0 Å². The summed E-state index contributed by atoms with van der Waals surface area (Å²) >= 11 is 0. The molecular weight excluding hydrogens is 518 g/mol. The molecule has 0 bridgehead atoms. The van der Waals surface area contributed by atoms with Gasteiger partial charge in [0.1, 0.15) is 17.1 Å². The Morgan fingerprint density at radius 3 is 2.37 bits per heavy atom. The van der Waals surface area contributed by atoms with Crippen molar-refractivity contribution in [3.8, 4) is 11.5 Å². The molecule has 0 N–H and O–H groups in total. The molecule has 0 saturated carbocycles. The first-order valence-corrected chi connectivity index (χ1v) is 14.4. The van der Waals surface area contributed by atoms with E-state index in [9.17, 15) is 4.79 Å². The fourth-order valence-corrected chi connectivity index (χ4v) is 4.85. The Morgan fingerprint density at radius 2 is 1.63 bits per heavy atom. The molecule has 220 valence electrons. The SMILES string of the molecule is COc1cccc(COC2CN(C(=O)OC(C)(C)C)CCC2c2ccc(OCCCOCc3ccccc3)cc2)c1. The summed E-state index contributed by atoms with van der Waals surface area (Å²) in [5.74, 6) is 1.76. The number of methoxy groups -OCH3 is 1. The number of amides is 1. The van der Waals surface area contributed by atoms with Gasteiger partial charge in [-0.25, -0.2) is 4.79 Å². The number of piperidine rings is 1. The predicted molar refractivity (Wildman–Crippen MR) is 159 cm³/mol. The van der Waals surface area contributed by atoms with Crippen LogP contribution < -0.4 is 9.47 Å². The lowest BCUT2D eigenvalue weighted by atomic mass is 9.87. The number of hydrogen-bond donors (Lipinski definition) is 0. The summed E-state index contributed by atoms with van der Waals surface area (Å²) in [6.07, 6.45) is 1.11. The van der Waals surface area contributed by atoms with Gasteiger partial charge in [0.2, 0.25) is 0 Å². The summed E-state index contributed by atoms with van der Waals surface area (Å²) in [6.45, 7) is 9.01. The van der Waals surface area contributed by atoms with Gasteiger partial charge in [-0.05, 0) is 68.1 Å². The molecule has 2 atom stereocenters. The molecule has 1 heterocycles. The Balaban J connectivity index is 1.33. The van der Waals surface area contributed by atoms with Crippen LogP contribution in [0.25, 0.3) is 0 Å². The maximum absolute atomic E-state index is 12.8. The normalized spacial score (nSPS) is 17.2. The molecular formula is C34H43NO6. The lowest BCUT2D eigenvalue weighted by Crippen LogP contribution is -2.48. The number of ether oxygens (including phenoxy) is 5. The molecule has 3 aromatic rings. The zero-order chi connectivity index (χ0) is 29.1. The molecule has 0 aliphatic carbocycles. The van der Waals surface area contributed by atoms with Crippen LogP contribution in [0.4, 0.5) is 4.79 Å². The van der Waals surface area contributed by atoms with E-state index < -0.39 is 5.60 Å². The third-order valence-electron chi connectivity index (χ3n) is 6.93. The molecule has 1 saturated heterocycles. The van der Waals surface area contributed by atoms with Gasteiger partial charge < -0.3 is 28.6 Å². The van der Waals surface area contributed by atoms with Gasteiger partial charge in [0, 0.05) is 18.9 Å². The van der Waals surface area contributed by atoms with Crippen molar-refractivity contribution >= 4 is 6.09 Å². The zero-order valence-corrected chi connectivity index (χ0v) is 24.7. The molecule has 1 fully saturated rings. The molecule has 2 unspecified atom stereocenters. The Labute approximate surface area is 244 Å². The van der Waals surface area contributed by atoms with Gasteiger partial charge in [-0.15, -0.1) is 0 Å². The first kappa shape index (κ1) is 30.4. The summed E-state index contributed by atoms with van der Waals surface area (Å²) in [5.41, 5.74) is 2.82. The van der Waals surface area contributed by atoms with Crippen LogP contribution in [-0.4, -0.2) is 56.1 Å². The smallest absolute Gasteiger partial charge is 0.410 e. The molecule has 4 rings (SSSR count). The van der Waals surface area contributed by atoms with Gasteiger partial charge in [-0.3, -0.25) is 0 Å². The van der Waals surface area contributed by atoms with Crippen molar-refractivity contribution in [1.82, 2.24) is 4.90 Å². The molecule has 7 heteroatoms. The van der Waals surface area contributed by atoms with Crippen LogP contribution in [0.3, 0.4) is 0 Å². The van der Waals surface area contributed by atoms with Crippen molar-refractivity contribution in [2.75, 3.05) is 33.4 Å². The van der Waals surface area contributed by atoms with E-state index >= 15 is 0 Å². The number of carbonyl (C=O) groups is 1. The van der Waals surface area contributed by atoms with E-state index in [1.807, 2.05) is 75.4 Å². The third kappa shape index (κ3) is 9.80. The average molecular weight is 562 g/mol. The minimum absolute atomic E-state index is 0.139. The number of likely N-dealkylation sites (tertiary alicyclic amines) is 1. The molecule has 1 aliphatic rings. The van der Waals surface area contributed by atoms with Gasteiger partial charge in [0.05, 0.1) is 46.2 Å². The first-order chi connectivity index (χ1) is 19.8. The number of hydrogen-bond acceptors (Lipinski definition) is 6. The van der Waals surface area contributed by atoms with Crippen LogP contribution in [0.5, 0.6) is 11.5 Å². The van der Waals surface area contributed by atoms with Crippen LogP contribution in [0.2, 0.25) is 0 Å². The summed E-state index contributed by atoms with van der Waals surface area (Å²) in [4.78, 5) is 14.6. The van der Waals surface area contributed by atoms with Crippen molar-refractivity contribution in [3.63, 3.8) is 0 Å². The fourth-order valence-electron chi connectivity index (χ4n) is 4.85. The molecule has 41 heavy (non-hydrogen) atoms. The van der Waals surface area contributed by atoms with Crippen molar-refractivity contribution in [2.45, 2.75) is 64.4 Å². The molecule has 0 aromatic heterocycles. The number of nitrogens with zero attached hydrogens (tertiary/aromatic N) is 1. The average Bonchev–Trinajstić information content (AvgIpc) is 2.98. The fraction of sp³-hybridized carbons (Fsp3) is 0.441. The van der Waals surface area contributed by atoms with E-state index in [4.69, 9.17) is 23.7 Å². The lowest BCUT2D eigenvalue weighted by molar-refractivity contribution is -0.0360. The van der Waals surface area contributed by atoms with Gasteiger partial charge in [-0.1, -0.05) is 54.6 Å². The number of carbonyl (C=O) groups excluding carboxylic acids is 1. The Morgan fingerprint density at radius 1 is 0.878 bits per heavy atom. The molecule has 0 radical (unpaired) electrons. The molecule has 1 aliphatic heterocycles. The molecule has 3 aromatic carbocycles. The van der Waals surface area contributed by atoms with Crippen LogP contribution >= 0.6 is 0 Å². The van der Waals surface area contributed by atoms with E-state index in [0.717, 1.165) is 29.9 Å². The molecule has 1 amide bonds. The minimum atomic E-state index is -0.547. The Kier molecular flexibility index (Phi) is 11.0. The summed E-state index contributed by atoms with van der Waals surface area (Å²) in [7, 11) is 1.66. The van der Waals surface area contributed by atoms with E-state index in [2.05, 4.69) is 24.3 Å².